The molecule has 1 atom stereocenters. The Morgan fingerprint density at radius 2 is 2.00 bits per heavy atom. The van der Waals surface area contributed by atoms with Crippen molar-refractivity contribution in [2.24, 2.45) is 5.92 Å². The highest BCUT2D eigenvalue weighted by molar-refractivity contribution is 6.46. The van der Waals surface area contributed by atoms with Gasteiger partial charge in [-0.25, -0.2) is 0 Å². The maximum absolute atomic E-state index is 13.1. The van der Waals surface area contributed by atoms with Crippen LogP contribution >= 0.6 is 0 Å². The minimum absolute atomic E-state index is 0.0833. The molecule has 1 aliphatic carbocycles. The number of unbranched alkanes of at least 4 members (excludes halogenated alkanes) is 2. The smallest absolute Gasteiger partial charge is 0.308 e. The van der Waals surface area contributed by atoms with E-state index < -0.39 is 23.8 Å². The van der Waals surface area contributed by atoms with Crippen LogP contribution in [0, 0.1) is 5.92 Å². The van der Waals surface area contributed by atoms with Gasteiger partial charge in [0.15, 0.2) is 0 Å². The molecule has 0 bridgehead atoms. The van der Waals surface area contributed by atoms with Gasteiger partial charge in [0.2, 0.25) is 0 Å². The molecule has 110 valence electrons. The summed E-state index contributed by atoms with van der Waals surface area (Å²) in [5, 5.41) is 0. The van der Waals surface area contributed by atoms with Gasteiger partial charge in [0, 0.05) is 17.8 Å². The van der Waals surface area contributed by atoms with Gasteiger partial charge in [-0.2, -0.15) is 13.2 Å². The predicted molar refractivity (Wildman–Crippen MR) is 66.6 cm³/mol. The molecular formula is C14H16F3NO2. The summed E-state index contributed by atoms with van der Waals surface area (Å²) in [7, 11) is 0. The zero-order valence-electron chi connectivity index (χ0n) is 11.2. The zero-order valence-corrected chi connectivity index (χ0v) is 11.2. The predicted octanol–water partition coefficient (Wildman–Crippen LogP) is 2.98. The first-order valence-corrected chi connectivity index (χ1v) is 6.71. The summed E-state index contributed by atoms with van der Waals surface area (Å²) in [5.41, 5.74) is -0.230. The zero-order chi connectivity index (χ0) is 14.9. The highest BCUT2D eigenvalue weighted by Gasteiger charge is 2.50. The fourth-order valence-corrected chi connectivity index (χ4v) is 2.61. The second kappa shape index (κ2) is 5.42. The van der Waals surface area contributed by atoms with Crippen molar-refractivity contribution in [1.82, 2.24) is 4.90 Å². The van der Waals surface area contributed by atoms with E-state index in [1.807, 2.05) is 6.92 Å². The molecule has 1 amide bonds. The first kappa shape index (κ1) is 14.8. The lowest BCUT2D eigenvalue weighted by molar-refractivity contribution is -0.168. The Morgan fingerprint density at radius 3 is 2.60 bits per heavy atom. The van der Waals surface area contributed by atoms with Crippen molar-refractivity contribution in [3.63, 3.8) is 0 Å². The van der Waals surface area contributed by atoms with Crippen LogP contribution < -0.4 is 0 Å². The Labute approximate surface area is 115 Å². The number of amides is 1. The molecule has 6 heteroatoms. The lowest BCUT2D eigenvalue weighted by Crippen LogP contribution is -2.36. The number of nitrogens with zero attached hydrogens (tertiary/aromatic N) is 1. The van der Waals surface area contributed by atoms with E-state index >= 15 is 0 Å². The topological polar surface area (TPSA) is 37.4 Å². The van der Waals surface area contributed by atoms with E-state index in [0.29, 0.717) is 6.42 Å². The number of allylic oxidation sites excluding steroid dienone is 3. The molecule has 0 fully saturated rings. The molecule has 0 saturated carbocycles. The third-order valence-corrected chi connectivity index (χ3v) is 3.62. The number of alkyl halides is 3. The molecular weight excluding hydrogens is 271 g/mol. The molecule has 0 aromatic rings. The molecule has 2 rings (SSSR count). The van der Waals surface area contributed by atoms with Gasteiger partial charge >= 0.3 is 6.18 Å². The third-order valence-electron chi connectivity index (χ3n) is 3.62. The lowest BCUT2D eigenvalue weighted by Gasteiger charge is -2.29. The number of hydrogen-bond donors (Lipinski definition) is 0. The van der Waals surface area contributed by atoms with Gasteiger partial charge in [-0.15, -0.1) is 0 Å². The molecule has 3 nitrogen and oxygen atoms in total. The molecule has 20 heavy (non-hydrogen) atoms. The van der Waals surface area contributed by atoms with Gasteiger partial charge < -0.3 is 4.90 Å². The molecule has 2 aliphatic rings. The van der Waals surface area contributed by atoms with Gasteiger partial charge in [-0.1, -0.05) is 31.9 Å². The Morgan fingerprint density at radius 1 is 1.30 bits per heavy atom. The summed E-state index contributed by atoms with van der Waals surface area (Å²) >= 11 is 0. The van der Waals surface area contributed by atoms with E-state index in [-0.39, 0.29) is 24.2 Å². The number of rotatable bonds is 4. The maximum Gasteiger partial charge on any atom is 0.397 e. The number of carbonyl (C=O) groups excluding carboxylic acids is 2. The van der Waals surface area contributed by atoms with E-state index in [1.54, 1.807) is 0 Å². The quantitative estimate of drug-likeness (QED) is 0.589. The number of carbonyl (C=O) groups is 2. The normalized spacial score (nSPS) is 22.8. The average molecular weight is 287 g/mol. The van der Waals surface area contributed by atoms with Crippen LogP contribution in [0.4, 0.5) is 13.2 Å². The number of hydrogen-bond acceptors (Lipinski definition) is 2. The van der Waals surface area contributed by atoms with Gasteiger partial charge in [0.25, 0.3) is 11.7 Å². The first-order valence-electron chi connectivity index (χ1n) is 6.71. The van der Waals surface area contributed by atoms with Gasteiger partial charge in [0.05, 0.1) is 5.92 Å². The fraction of sp³-hybridized carbons (Fsp3) is 0.571. The summed E-state index contributed by atoms with van der Waals surface area (Å²) < 4.78 is 39.2. The van der Waals surface area contributed by atoms with Crippen LogP contribution in [0.15, 0.2) is 23.4 Å². The second-order valence-corrected chi connectivity index (χ2v) is 5.02. The summed E-state index contributed by atoms with van der Waals surface area (Å²) in [5.74, 6) is -3.40. The maximum atomic E-state index is 13.1. The molecule has 0 spiro atoms. The van der Waals surface area contributed by atoms with E-state index in [2.05, 4.69) is 0 Å². The molecule has 0 saturated heterocycles. The van der Waals surface area contributed by atoms with Crippen LogP contribution in [0.1, 0.15) is 32.6 Å². The van der Waals surface area contributed by atoms with Crippen molar-refractivity contribution < 1.29 is 22.8 Å². The van der Waals surface area contributed by atoms with E-state index in [0.717, 1.165) is 17.7 Å². The van der Waals surface area contributed by atoms with Crippen molar-refractivity contribution >= 4 is 11.7 Å². The van der Waals surface area contributed by atoms with Gasteiger partial charge in [-0.05, 0) is 12.8 Å². The Hall–Kier alpha value is -1.59. The van der Waals surface area contributed by atoms with E-state index in [9.17, 15) is 22.8 Å². The van der Waals surface area contributed by atoms with Crippen LogP contribution in [0.2, 0.25) is 0 Å². The van der Waals surface area contributed by atoms with E-state index in [1.165, 1.54) is 12.2 Å². The van der Waals surface area contributed by atoms with Gasteiger partial charge in [0.1, 0.15) is 0 Å². The van der Waals surface area contributed by atoms with Crippen LogP contribution in [-0.2, 0) is 9.59 Å². The molecule has 1 aliphatic heterocycles. The standard InChI is InChI=1S/C14H16F3NO2/c1-2-3-4-8-18-11-9(12(19)13(18)20)6-5-7-10(11)14(15,16)17/h5-6,10H,2-4,7-8H2,1H3. The Bertz CT molecular complexity index is 491. The van der Waals surface area contributed by atoms with Crippen molar-refractivity contribution in [2.45, 2.75) is 38.8 Å². The molecule has 0 N–H and O–H groups in total. The lowest BCUT2D eigenvalue weighted by atomic mass is 9.91. The summed E-state index contributed by atoms with van der Waals surface area (Å²) in [6, 6.07) is 0. The minimum Gasteiger partial charge on any atom is -0.308 e. The van der Waals surface area contributed by atoms with Crippen LogP contribution in [0.5, 0.6) is 0 Å². The third kappa shape index (κ3) is 2.51. The summed E-state index contributed by atoms with van der Waals surface area (Å²) in [4.78, 5) is 24.7. The largest absolute Gasteiger partial charge is 0.397 e. The highest BCUT2D eigenvalue weighted by atomic mass is 19.4. The Balaban J connectivity index is 2.32. The van der Waals surface area contributed by atoms with Crippen molar-refractivity contribution in [2.75, 3.05) is 6.54 Å². The summed E-state index contributed by atoms with van der Waals surface area (Å²) in [6.07, 6.45) is 0.305. The van der Waals surface area contributed by atoms with E-state index in [4.69, 9.17) is 0 Å². The number of Topliss-reactive ketones (excluding diaryl/α,β-unsaturated/α-hetero) is 1. The van der Waals surface area contributed by atoms with Crippen LogP contribution in [0.25, 0.3) is 0 Å². The van der Waals surface area contributed by atoms with Crippen LogP contribution in [-0.4, -0.2) is 29.3 Å². The molecule has 0 radical (unpaired) electrons. The SMILES string of the molecule is CCCCCN1C(=O)C(=O)C2=C1C(C(F)(F)F)CC=C2. The second-order valence-electron chi connectivity index (χ2n) is 5.02. The average Bonchev–Trinajstić information content (AvgIpc) is 2.63. The first-order chi connectivity index (χ1) is 9.38. The molecule has 0 aromatic carbocycles. The molecule has 0 aromatic heterocycles. The number of ketones is 1. The van der Waals surface area contributed by atoms with Crippen LogP contribution in [0.3, 0.4) is 0 Å². The summed E-state index contributed by atoms with van der Waals surface area (Å²) in [6.45, 7) is 2.14. The highest BCUT2D eigenvalue weighted by Crippen LogP contribution is 2.43. The van der Waals surface area contributed by atoms with Crippen molar-refractivity contribution in [3.05, 3.63) is 23.4 Å². The molecule has 1 unspecified atom stereocenters. The molecule has 1 heterocycles. The number of halogens is 3. The minimum atomic E-state index is -4.45. The monoisotopic (exact) mass is 287 g/mol. The van der Waals surface area contributed by atoms with Crippen molar-refractivity contribution in [3.8, 4) is 0 Å². The Kier molecular flexibility index (Phi) is 4.01. The van der Waals surface area contributed by atoms with Gasteiger partial charge in [-0.3, -0.25) is 9.59 Å². The fourth-order valence-electron chi connectivity index (χ4n) is 2.61. The van der Waals surface area contributed by atoms with Crippen molar-refractivity contribution in [1.29, 1.82) is 0 Å².